The molecule has 2 aliphatic carbocycles. The van der Waals surface area contributed by atoms with Crippen molar-refractivity contribution >= 4 is 23.5 Å². The summed E-state index contributed by atoms with van der Waals surface area (Å²) in [6.45, 7) is 2.24. The highest BCUT2D eigenvalue weighted by atomic mass is 16.2. The van der Waals surface area contributed by atoms with Gasteiger partial charge in [-0.25, -0.2) is 4.99 Å². The third-order valence-electron chi connectivity index (χ3n) is 6.91. The summed E-state index contributed by atoms with van der Waals surface area (Å²) in [5.41, 5.74) is 1.98. The molecule has 1 saturated heterocycles. The summed E-state index contributed by atoms with van der Waals surface area (Å²) in [4.78, 5) is 37.9. The van der Waals surface area contributed by atoms with Crippen LogP contribution < -0.4 is 0 Å². The van der Waals surface area contributed by atoms with Crippen LogP contribution in [0.4, 0.5) is 0 Å². The number of hydrogen-bond acceptors (Lipinski definition) is 5. The van der Waals surface area contributed by atoms with Crippen molar-refractivity contribution in [3.8, 4) is 6.07 Å². The Balaban J connectivity index is 1.23. The molecule has 2 amide bonds. The van der Waals surface area contributed by atoms with E-state index in [2.05, 4.69) is 16.1 Å². The number of rotatable bonds is 2. The van der Waals surface area contributed by atoms with Gasteiger partial charge in [-0.15, -0.1) is 0 Å². The van der Waals surface area contributed by atoms with E-state index >= 15 is 0 Å². The number of allylic oxidation sites excluding steroid dienone is 3. The first-order chi connectivity index (χ1) is 15.6. The normalized spacial score (nSPS) is 24.0. The van der Waals surface area contributed by atoms with Gasteiger partial charge in [-0.2, -0.15) is 10.3 Å². The van der Waals surface area contributed by atoms with E-state index in [1.165, 1.54) is 0 Å². The molecule has 162 valence electrons. The van der Waals surface area contributed by atoms with E-state index < -0.39 is 5.41 Å². The number of nitriles is 1. The number of guanidine groups is 1. The summed E-state index contributed by atoms with van der Waals surface area (Å²) in [7, 11) is 0. The first-order valence-corrected chi connectivity index (χ1v) is 11.2. The Morgan fingerprint density at radius 3 is 2.44 bits per heavy atom. The highest BCUT2D eigenvalue weighted by Gasteiger charge is 2.36. The van der Waals surface area contributed by atoms with Crippen LogP contribution in [0.5, 0.6) is 0 Å². The minimum Gasteiger partial charge on any atom is -0.337 e. The predicted molar refractivity (Wildman–Crippen MR) is 121 cm³/mol. The number of nitrogens with zero attached hydrogens (tertiary/aromatic N) is 5. The lowest BCUT2D eigenvalue weighted by atomic mass is 9.80. The Labute approximate surface area is 187 Å². The van der Waals surface area contributed by atoms with Crippen LogP contribution in [0.2, 0.25) is 0 Å². The fourth-order valence-corrected chi connectivity index (χ4v) is 4.96. The molecule has 7 heteroatoms. The minimum atomic E-state index is -0.394. The lowest BCUT2D eigenvalue weighted by molar-refractivity contribution is -0.118. The molecule has 1 unspecified atom stereocenters. The molecule has 0 aromatic heterocycles. The number of amides is 2. The van der Waals surface area contributed by atoms with Gasteiger partial charge in [0.15, 0.2) is 0 Å². The van der Waals surface area contributed by atoms with Gasteiger partial charge in [0.05, 0.1) is 17.2 Å². The Hall–Kier alpha value is -3.53. The summed E-state index contributed by atoms with van der Waals surface area (Å²) >= 11 is 0. The van der Waals surface area contributed by atoms with Crippen LogP contribution in [0.25, 0.3) is 0 Å². The number of carbonyl (C=O) groups is 2. The first kappa shape index (κ1) is 20.4. The molecule has 2 heterocycles. The average Bonchev–Trinajstić information content (AvgIpc) is 3.34. The van der Waals surface area contributed by atoms with E-state index in [1.54, 1.807) is 0 Å². The maximum absolute atomic E-state index is 13.0. The molecule has 0 radical (unpaired) electrons. The molecule has 1 saturated carbocycles. The van der Waals surface area contributed by atoms with Crippen LogP contribution in [-0.2, 0) is 10.2 Å². The lowest BCUT2D eigenvalue weighted by Gasteiger charge is -2.36. The molecule has 5 rings (SSSR count). The number of benzene rings is 1. The third kappa shape index (κ3) is 3.56. The van der Waals surface area contributed by atoms with E-state index in [-0.39, 0.29) is 17.7 Å². The van der Waals surface area contributed by atoms with Gasteiger partial charge in [0.25, 0.3) is 11.8 Å². The Morgan fingerprint density at radius 1 is 1.03 bits per heavy atom. The van der Waals surface area contributed by atoms with Crippen LogP contribution >= 0.6 is 0 Å². The summed E-state index contributed by atoms with van der Waals surface area (Å²) in [5.74, 6) is -0.140. The van der Waals surface area contributed by atoms with Gasteiger partial charge in [0.2, 0.25) is 5.96 Å². The van der Waals surface area contributed by atoms with Crippen molar-refractivity contribution in [2.24, 2.45) is 15.9 Å². The molecule has 2 fully saturated rings. The molecule has 1 aromatic carbocycles. The van der Waals surface area contributed by atoms with Gasteiger partial charge in [-0.05, 0) is 36.6 Å². The maximum atomic E-state index is 13.0. The number of hydrogen-bond donors (Lipinski definition) is 0. The van der Waals surface area contributed by atoms with Gasteiger partial charge >= 0.3 is 0 Å². The van der Waals surface area contributed by atoms with Crippen molar-refractivity contribution in [2.45, 2.75) is 31.1 Å². The molecule has 1 aromatic rings. The number of carbonyl (C=O) groups excluding carboxylic acids is 2. The molecule has 32 heavy (non-hydrogen) atoms. The third-order valence-corrected chi connectivity index (χ3v) is 6.91. The van der Waals surface area contributed by atoms with Crippen LogP contribution in [0.15, 0.2) is 58.6 Å². The van der Waals surface area contributed by atoms with Crippen LogP contribution in [0.1, 0.15) is 41.6 Å². The van der Waals surface area contributed by atoms with Crippen molar-refractivity contribution in [3.63, 3.8) is 0 Å². The fourth-order valence-electron chi connectivity index (χ4n) is 4.96. The second-order valence-electron chi connectivity index (χ2n) is 8.77. The maximum Gasteiger partial charge on any atom is 0.261 e. The van der Waals surface area contributed by atoms with Crippen molar-refractivity contribution in [2.75, 3.05) is 26.2 Å². The Morgan fingerprint density at radius 2 is 1.75 bits per heavy atom. The second kappa shape index (κ2) is 8.19. The Kier molecular flexibility index (Phi) is 5.22. The van der Waals surface area contributed by atoms with Gasteiger partial charge in [0.1, 0.15) is 5.92 Å². The van der Waals surface area contributed by atoms with Gasteiger partial charge in [-0.3, -0.25) is 9.59 Å². The predicted octanol–water partition coefficient (Wildman–Crippen LogP) is 2.86. The van der Waals surface area contributed by atoms with Crippen molar-refractivity contribution < 1.29 is 9.59 Å². The standard InChI is InChI=1S/C25H25N5O2/c26-17-25(11-3-4-12-25)19-9-7-18(8-10-19)23(32)29-13-15-30(16-14-29)24-27-21-6-2-1-5-20(21)22(31)28-24/h1-2,5-10,20H,3-4,11-16H2. The SMILES string of the molecule is N#CC1(c2ccc(C(=O)N3CCN(C4=NC(=O)C5C=CC=CC5=N4)CC3)cc2)CCCC1. The lowest BCUT2D eigenvalue weighted by Crippen LogP contribution is -2.51. The Bertz CT molecular complexity index is 1090. The summed E-state index contributed by atoms with van der Waals surface area (Å²) in [6.07, 6.45) is 11.3. The zero-order valence-corrected chi connectivity index (χ0v) is 17.9. The van der Waals surface area contributed by atoms with E-state index in [0.29, 0.717) is 37.7 Å². The van der Waals surface area contributed by atoms with Gasteiger partial charge in [0, 0.05) is 31.7 Å². The monoisotopic (exact) mass is 427 g/mol. The number of piperazine rings is 1. The van der Waals surface area contributed by atoms with Crippen LogP contribution in [0.3, 0.4) is 0 Å². The summed E-state index contributed by atoms with van der Waals surface area (Å²) in [6, 6.07) is 10.1. The number of fused-ring (bicyclic) bond motifs is 1. The molecule has 0 N–H and O–H groups in total. The zero-order chi connectivity index (χ0) is 22.1. The first-order valence-electron chi connectivity index (χ1n) is 11.2. The highest BCUT2D eigenvalue weighted by molar-refractivity contribution is 6.21. The van der Waals surface area contributed by atoms with E-state index in [9.17, 15) is 14.9 Å². The minimum absolute atomic E-state index is 0.0120. The van der Waals surface area contributed by atoms with Gasteiger partial charge in [-0.1, -0.05) is 43.2 Å². The quantitative estimate of drug-likeness (QED) is 0.726. The average molecular weight is 428 g/mol. The van der Waals surface area contributed by atoms with E-state index in [4.69, 9.17) is 0 Å². The topological polar surface area (TPSA) is 89.1 Å². The van der Waals surface area contributed by atoms with E-state index in [1.807, 2.05) is 58.4 Å². The summed E-state index contributed by atoms with van der Waals surface area (Å²) in [5, 5.41) is 9.69. The molecule has 4 aliphatic rings. The van der Waals surface area contributed by atoms with Gasteiger partial charge < -0.3 is 9.80 Å². The molecular formula is C25H25N5O2. The fraction of sp³-hybridized carbons (Fsp3) is 0.400. The molecule has 1 atom stereocenters. The molecule has 0 spiro atoms. The van der Waals surface area contributed by atoms with Crippen molar-refractivity contribution in [3.05, 3.63) is 59.7 Å². The highest BCUT2D eigenvalue weighted by Crippen LogP contribution is 2.40. The van der Waals surface area contributed by atoms with Crippen molar-refractivity contribution in [1.29, 1.82) is 5.26 Å². The van der Waals surface area contributed by atoms with Crippen LogP contribution in [-0.4, -0.2) is 59.5 Å². The molecule has 7 nitrogen and oxygen atoms in total. The number of aliphatic imine (C=N–C) groups is 2. The van der Waals surface area contributed by atoms with Crippen LogP contribution in [0, 0.1) is 17.2 Å². The largest absolute Gasteiger partial charge is 0.337 e. The van der Waals surface area contributed by atoms with Crippen molar-refractivity contribution in [1.82, 2.24) is 9.80 Å². The molecule has 0 bridgehead atoms. The molecular weight excluding hydrogens is 402 g/mol. The zero-order valence-electron chi connectivity index (χ0n) is 17.9. The summed E-state index contributed by atoms with van der Waals surface area (Å²) < 4.78 is 0. The van der Waals surface area contributed by atoms with E-state index in [0.717, 1.165) is 37.0 Å². The smallest absolute Gasteiger partial charge is 0.261 e. The molecule has 2 aliphatic heterocycles. The second-order valence-corrected chi connectivity index (χ2v) is 8.77.